The number of hydrogen-bond acceptors (Lipinski definition) is 5. The number of rotatable bonds is 8. The normalized spacial score (nSPS) is 13.8. The van der Waals surface area contributed by atoms with Crippen molar-refractivity contribution in [2.45, 2.75) is 31.6 Å². The second-order valence-corrected chi connectivity index (χ2v) is 5.68. The number of nitrogens with one attached hydrogen (secondary N) is 1. The maximum absolute atomic E-state index is 13.7. The Morgan fingerprint density at radius 3 is 2.75 bits per heavy atom. The Labute approximate surface area is 123 Å². The van der Waals surface area contributed by atoms with Gasteiger partial charge in [-0.1, -0.05) is 6.92 Å². The van der Waals surface area contributed by atoms with E-state index in [9.17, 15) is 9.50 Å². The Hall–Kier alpha value is -1.14. The third-order valence-electron chi connectivity index (χ3n) is 2.99. The quantitative estimate of drug-likeness (QED) is 0.644. The second kappa shape index (κ2) is 8.21. The Kier molecular flexibility index (Phi) is 6.95. The van der Waals surface area contributed by atoms with Gasteiger partial charge in [0.2, 0.25) is 0 Å². The molecule has 114 valence electrons. The van der Waals surface area contributed by atoms with Crippen LogP contribution in [0.15, 0.2) is 12.1 Å². The van der Waals surface area contributed by atoms with E-state index in [1.165, 1.54) is 6.07 Å². The minimum absolute atomic E-state index is 0.00165. The molecule has 0 aliphatic heterocycles. The molecule has 4 N–H and O–H groups in total. The van der Waals surface area contributed by atoms with E-state index in [2.05, 4.69) is 5.32 Å². The van der Waals surface area contributed by atoms with Crippen LogP contribution in [0.1, 0.15) is 20.3 Å². The smallest absolute Gasteiger partial charge is 0.167 e. The van der Waals surface area contributed by atoms with Crippen LogP contribution in [0, 0.1) is 5.82 Å². The summed E-state index contributed by atoms with van der Waals surface area (Å²) in [4.78, 5) is 0. The molecule has 6 heteroatoms. The van der Waals surface area contributed by atoms with Crippen LogP contribution in [-0.2, 0) is 0 Å². The fourth-order valence-electron chi connectivity index (χ4n) is 1.79. The molecule has 2 atom stereocenters. The van der Waals surface area contributed by atoms with Crippen molar-refractivity contribution in [3.63, 3.8) is 0 Å². The number of anilines is 2. The number of nitrogen functional groups attached to an aromatic ring is 1. The molecule has 0 spiro atoms. The van der Waals surface area contributed by atoms with Gasteiger partial charge in [0.1, 0.15) is 0 Å². The van der Waals surface area contributed by atoms with E-state index in [0.717, 1.165) is 6.42 Å². The molecule has 0 aliphatic carbocycles. The molecule has 0 aliphatic rings. The maximum Gasteiger partial charge on any atom is 0.167 e. The molecule has 0 saturated carbocycles. The van der Waals surface area contributed by atoms with E-state index < -0.39 is 5.82 Å². The molecule has 1 rings (SSSR count). The zero-order valence-electron chi connectivity index (χ0n) is 12.1. The molecule has 1 aromatic rings. The van der Waals surface area contributed by atoms with Crippen molar-refractivity contribution in [1.82, 2.24) is 0 Å². The van der Waals surface area contributed by atoms with Crippen LogP contribution in [0.3, 0.4) is 0 Å². The molecule has 0 bridgehead atoms. The van der Waals surface area contributed by atoms with Crippen LogP contribution in [0.5, 0.6) is 5.75 Å². The standard InChI is InChI=1S/C14H23FN2O2S/c1-4-5-19-13-7-12(11(16)6-10(13)15)17-9(2)14(8-18)20-3/h6-7,9,14,17-18H,4-5,8,16H2,1-3H3. The molecule has 4 nitrogen and oxygen atoms in total. The lowest BCUT2D eigenvalue weighted by molar-refractivity contribution is 0.288. The predicted molar refractivity (Wildman–Crippen MR) is 84.1 cm³/mol. The van der Waals surface area contributed by atoms with Crippen molar-refractivity contribution in [2.75, 3.05) is 30.5 Å². The van der Waals surface area contributed by atoms with Crippen LogP contribution in [0.2, 0.25) is 0 Å². The van der Waals surface area contributed by atoms with Gasteiger partial charge in [-0.15, -0.1) is 0 Å². The summed E-state index contributed by atoms with van der Waals surface area (Å²) in [6.45, 7) is 4.43. The first kappa shape index (κ1) is 16.9. The molecule has 20 heavy (non-hydrogen) atoms. The highest BCUT2D eigenvalue weighted by Gasteiger charge is 2.17. The Morgan fingerprint density at radius 2 is 2.20 bits per heavy atom. The van der Waals surface area contributed by atoms with Crippen LogP contribution in [0.25, 0.3) is 0 Å². The van der Waals surface area contributed by atoms with Crippen molar-refractivity contribution in [2.24, 2.45) is 0 Å². The average Bonchev–Trinajstić information content (AvgIpc) is 2.42. The number of aliphatic hydroxyl groups excluding tert-OH is 1. The van der Waals surface area contributed by atoms with Crippen LogP contribution in [0.4, 0.5) is 15.8 Å². The molecule has 0 heterocycles. The van der Waals surface area contributed by atoms with Crippen molar-refractivity contribution in [3.8, 4) is 5.75 Å². The minimum Gasteiger partial charge on any atom is -0.490 e. The number of thioether (sulfide) groups is 1. The van der Waals surface area contributed by atoms with E-state index in [-0.39, 0.29) is 23.6 Å². The maximum atomic E-state index is 13.7. The number of halogens is 1. The molecule has 1 aromatic carbocycles. The van der Waals surface area contributed by atoms with Crippen molar-refractivity contribution in [1.29, 1.82) is 0 Å². The first-order chi connectivity index (χ1) is 9.53. The van der Waals surface area contributed by atoms with Crippen molar-refractivity contribution in [3.05, 3.63) is 17.9 Å². The lowest BCUT2D eigenvalue weighted by Gasteiger charge is -2.23. The molecule has 2 unspecified atom stereocenters. The van der Waals surface area contributed by atoms with Crippen LogP contribution in [-0.4, -0.2) is 35.9 Å². The molecule has 0 radical (unpaired) electrons. The van der Waals surface area contributed by atoms with Gasteiger partial charge in [-0.25, -0.2) is 4.39 Å². The van der Waals surface area contributed by atoms with Crippen LogP contribution < -0.4 is 15.8 Å². The topological polar surface area (TPSA) is 67.5 Å². The highest BCUT2D eigenvalue weighted by molar-refractivity contribution is 7.99. The molecule has 0 fully saturated rings. The first-order valence-electron chi connectivity index (χ1n) is 6.65. The van der Waals surface area contributed by atoms with Gasteiger partial charge < -0.3 is 20.9 Å². The molecule has 0 aromatic heterocycles. The lowest BCUT2D eigenvalue weighted by atomic mass is 10.2. The van der Waals surface area contributed by atoms with Crippen molar-refractivity contribution < 1.29 is 14.2 Å². The Bertz CT molecular complexity index is 428. The Morgan fingerprint density at radius 1 is 1.50 bits per heavy atom. The molecular formula is C14H23FN2O2S. The van der Waals surface area contributed by atoms with E-state index in [0.29, 0.717) is 18.0 Å². The lowest BCUT2D eigenvalue weighted by Crippen LogP contribution is -2.31. The summed E-state index contributed by atoms with van der Waals surface area (Å²) < 4.78 is 19.1. The first-order valence-corrected chi connectivity index (χ1v) is 7.94. The summed E-state index contributed by atoms with van der Waals surface area (Å²) in [6, 6.07) is 2.83. The van der Waals surface area contributed by atoms with Gasteiger partial charge >= 0.3 is 0 Å². The van der Waals surface area contributed by atoms with E-state index in [1.54, 1.807) is 17.8 Å². The fraction of sp³-hybridized carbons (Fsp3) is 0.571. The fourth-order valence-corrected chi connectivity index (χ4v) is 2.42. The van der Waals surface area contributed by atoms with E-state index >= 15 is 0 Å². The highest BCUT2D eigenvalue weighted by Crippen LogP contribution is 2.29. The van der Waals surface area contributed by atoms with Gasteiger partial charge in [-0.3, -0.25) is 0 Å². The van der Waals surface area contributed by atoms with E-state index in [1.807, 2.05) is 20.1 Å². The number of hydrogen-bond donors (Lipinski definition) is 3. The van der Waals surface area contributed by atoms with Gasteiger partial charge in [0, 0.05) is 23.4 Å². The number of ether oxygens (including phenoxy) is 1. The summed E-state index contributed by atoms with van der Waals surface area (Å²) in [6.07, 6.45) is 2.74. The van der Waals surface area contributed by atoms with Gasteiger partial charge in [0.15, 0.2) is 11.6 Å². The molecule has 0 amide bonds. The summed E-state index contributed by atoms with van der Waals surface area (Å²) in [5.41, 5.74) is 6.78. The highest BCUT2D eigenvalue weighted by atomic mass is 32.2. The number of nitrogens with two attached hydrogens (primary N) is 1. The van der Waals surface area contributed by atoms with Gasteiger partial charge in [-0.2, -0.15) is 11.8 Å². The SMILES string of the molecule is CCCOc1cc(NC(C)C(CO)SC)c(N)cc1F. The summed E-state index contributed by atoms with van der Waals surface area (Å²) >= 11 is 1.57. The van der Waals surface area contributed by atoms with Crippen molar-refractivity contribution >= 4 is 23.1 Å². The third kappa shape index (κ3) is 4.45. The third-order valence-corrected chi connectivity index (χ3v) is 4.15. The van der Waals surface area contributed by atoms with Gasteiger partial charge in [0.25, 0.3) is 0 Å². The number of benzene rings is 1. The number of aliphatic hydroxyl groups is 1. The Balaban J connectivity index is 2.88. The summed E-state index contributed by atoms with van der Waals surface area (Å²) in [5.74, 6) is -0.266. The second-order valence-electron chi connectivity index (χ2n) is 4.61. The summed E-state index contributed by atoms with van der Waals surface area (Å²) in [5, 5.41) is 12.5. The molecule has 0 saturated heterocycles. The zero-order chi connectivity index (χ0) is 15.1. The van der Waals surface area contributed by atoms with Gasteiger partial charge in [0.05, 0.1) is 24.6 Å². The minimum atomic E-state index is -0.460. The zero-order valence-corrected chi connectivity index (χ0v) is 13.0. The summed E-state index contributed by atoms with van der Waals surface area (Å²) in [7, 11) is 0. The monoisotopic (exact) mass is 302 g/mol. The average molecular weight is 302 g/mol. The predicted octanol–water partition coefficient (Wildman–Crippen LogP) is 2.72. The van der Waals surface area contributed by atoms with Crippen LogP contribution >= 0.6 is 11.8 Å². The van der Waals surface area contributed by atoms with Gasteiger partial charge in [-0.05, 0) is 19.6 Å². The van der Waals surface area contributed by atoms with E-state index in [4.69, 9.17) is 10.5 Å². The largest absolute Gasteiger partial charge is 0.490 e. The molecular weight excluding hydrogens is 279 g/mol.